The van der Waals surface area contributed by atoms with Gasteiger partial charge in [-0.1, -0.05) is 72.8 Å². The zero-order valence-electron chi connectivity index (χ0n) is 26.9. The van der Waals surface area contributed by atoms with Crippen molar-refractivity contribution in [3.05, 3.63) is 144 Å². The van der Waals surface area contributed by atoms with Gasteiger partial charge in [0.05, 0.1) is 47.6 Å². The molecule has 5 rings (SSSR count). The van der Waals surface area contributed by atoms with Gasteiger partial charge in [0, 0.05) is 6.42 Å². The smallest absolute Gasteiger partial charge is 0.338 e. The summed E-state index contributed by atoms with van der Waals surface area (Å²) in [6, 6.07) is 29.6. The van der Waals surface area contributed by atoms with Gasteiger partial charge >= 0.3 is 23.9 Å². The molecule has 12 nitrogen and oxygen atoms in total. The van der Waals surface area contributed by atoms with E-state index < -0.39 is 86.1 Å². The molecule has 0 amide bonds. The molecule has 0 unspecified atom stereocenters. The van der Waals surface area contributed by atoms with E-state index >= 15 is 0 Å². The molecule has 0 radical (unpaired) electrons. The largest absolute Gasteiger partial charge is 0.459 e. The Labute approximate surface area is 288 Å². The summed E-state index contributed by atoms with van der Waals surface area (Å²) in [5, 5.41) is 35.3. The third kappa shape index (κ3) is 8.79. The van der Waals surface area contributed by atoms with E-state index in [4.69, 9.17) is 18.9 Å². The van der Waals surface area contributed by atoms with Crippen molar-refractivity contribution in [2.75, 3.05) is 19.8 Å². The van der Waals surface area contributed by atoms with Crippen LogP contribution in [0.4, 0.5) is 0 Å². The quantitative estimate of drug-likeness (QED) is 0.120. The van der Waals surface area contributed by atoms with Crippen molar-refractivity contribution in [1.29, 1.82) is 0 Å². The van der Waals surface area contributed by atoms with E-state index in [-0.39, 0.29) is 22.3 Å². The lowest BCUT2D eigenvalue weighted by Crippen LogP contribution is -2.70. The lowest BCUT2D eigenvalue weighted by molar-refractivity contribution is -0.209. The second-order valence-corrected chi connectivity index (χ2v) is 11.7. The highest BCUT2D eigenvalue weighted by Gasteiger charge is 2.59. The zero-order chi connectivity index (χ0) is 35.5. The van der Waals surface area contributed by atoms with Crippen molar-refractivity contribution in [1.82, 2.24) is 5.32 Å². The Morgan fingerprint density at radius 3 is 1.40 bits per heavy atom. The van der Waals surface area contributed by atoms with Gasteiger partial charge in [-0.15, -0.1) is 0 Å². The summed E-state index contributed by atoms with van der Waals surface area (Å²) in [7, 11) is 0. The average molecular weight is 684 g/mol. The Hall–Kier alpha value is -5.40. The number of rotatable bonds is 13. The van der Waals surface area contributed by atoms with E-state index in [2.05, 4.69) is 5.32 Å². The van der Waals surface area contributed by atoms with Crippen molar-refractivity contribution in [3.63, 3.8) is 0 Å². The summed E-state index contributed by atoms with van der Waals surface area (Å²) >= 11 is 0. The summed E-state index contributed by atoms with van der Waals surface area (Å²) < 4.78 is 23.5. The van der Waals surface area contributed by atoms with Gasteiger partial charge in [-0.25, -0.2) is 19.2 Å². The maximum absolute atomic E-state index is 13.6. The van der Waals surface area contributed by atoms with E-state index in [1.807, 2.05) is 0 Å². The summed E-state index contributed by atoms with van der Waals surface area (Å²) in [5.41, 5.74) is -1.74. The minimum atomic E-state index is -2.28. The van der Waals surface area contributed by atoms with Crippen LogP contribution >= 0.6 is 0 Å². The highest BCUT2D eigenvalue weighted by molar-refractivity contribution is 5.91. The molecular formula is C38H37NO11. The first-order chi connectivity index (χ1) is 24.2. The monoisotopic (exact) mass is 683 g/mol. The molecule has 5 atom stereocenters. The van der Waals surface area contributed by atoms with Gasteiger partial charge in [0.25, 0.3) is 0 Å². The van der Waals surface area contributed by atoms with Crippen molar-refractivity contribution < 1.29 is 53.4 Å². The maximum Gasteiger partial charge on any atom is 0.338 e. The third-order valence-electron chi connectivity index (χ3n) is 8.22. The van der Waals surface area contributed by atoms with Gasteiger partial charge in [0.15, 0.2) is 18.3 Å². The molecule has 1 aliphatic rings. The van der Waals surface area contributed by atoms with E-state index in [1.54, 1.807) is 72.8 Å². The molecule has 260 valence electrons. The van der Waals surface area contributed by atoms with Crippen LogP contribution in [0.15, 0.2) is 121 Å². The van der Waals surface area contributed by atoms with Crippen LogP contribution in [0.2, 0.25) is 0 Å². The molecule has 1 saturated carbocycles. The van der Waals surface area contributed by atoms with Crippen LogP contribution in [0.5, 0.6) is 0 Å². The molecule has 0 spiro atoms. The molecule has 4 aromatic rings. The van der Waals surface area contributed by atoms with Crippen LogP contribution in [0.3, 0.4) is 0 Å². The second-order valence-electron chi connectivity index (χ2n) is 11.7. The number of ether oxygens (including phenoxy) is 4. The Morgan fingerprint density at radius 2 is 0.980 bits per heavy atom. The maximum atomic E-state index is 13.6. The molecule has 1 aliphatic carbocycles. The lowest BCUT2D eigenvalue weighted by Gasteiger charge is -2.49. The standard InChI is InChI=1S/C38H37NO11/c40-22-29(23-41)39-30-21-38(46,24-47-34(42)25-13-5-1-6-14-25)33(50-37(45)28-19-11-4-12-20-28)32(49-36(44)27-17-9-3-10-18-27)31(30)48-35(43)26-15-7-2-8-16-26/h1-20,29-33,39-41,46H,21-24H2/t30-,31-,32+,33-,38-/m0/s1. The van der Waals surface area contributed by atoms with E-state index in [0.717, 1.165) is 0 Å². The Kier molecular flexibility index (Phi) is 12.1. The second kappa shape index (κ2) is 16.8. The number of carbonyl (C=O) groups is 4. The number of benzene rings is 4. The fraction of sp³-hybridized carbons (Fsp3) is 0.263. The summed E-state index contributed by atoms with van der Waals surface area (Å²) in [6.07, 6.45) is -5.40. The van der Waals surface area contributed by atoms with E-state index in [1.165, 1.54) is 48.5 Å². The van der Waals surface area contributed by atoms with Crippen LogP contribution < -0.4 is 5.32 Å². The predicted octanol–water partition coefficient (Wildman–Crippen LogP) is 2.97. The summed E-state index contributed by atoms with van der Waals surface area (Å²) in [5.74, 6) is -3.44. The molecule has 0 bridgehead atoms. The van der Waals surface area contributed by atoms with Crippen molar-refractivity contribution in [2.45, 2.75) is 42.4 Å². The molecule has 0 aliphatic heterocycles. The zero-order valence-corrected chi connectivity index (χ0v) is 26.9. The minimum Gasteiger partial charge on any atom is -0.459 e. The highest BCUT2D eigenvalue weighted by atomic mass is 16.6. The minimum absolute atomic E-state index is 0.1000. The molecule has 12 heteroatoms. The van der Waals surface area contributed by atoms with Crippen LogP contribution in [-0.2, 0) is 18.9 Å². The van der Waals surface area contributed by atoms with Crippen molar-refractivity contribution in [2.24, 2.45) is 0 Å². The molecule has 4 N–H and O–H groups in total. The van der Waals surface area contributed by atoms with Crippen LogP contribution in [0.25, 0.3) is 0 Å². The first kappa shape index (κ1) is 35.9. The molecule has 1 fully saturated rings. The molecule has 50 heavy (non-hydrogen) atoms. The van der Waals surface area contributed by atoms with Crippen molar-refractivity contribution >= 4 is 23.9 Å². The van der Waals surface area contributed by atoms with E-state index in [0.29, 0.717) is 0 Å². The lowest BCUT2D eigenvalue weighted by atomic mass is 9.75. The van der Waals surface area contributed by atoms with Crippen LogP contribution in [-0.4, -0.2) is 95.0 Å². The Balaban J connectivity index is 1.60. The molecular weight excluding hydrogens is 646 g/mol. The first-order valence-corrected chi connectivity index (χ1v) is 15.9. The number of hydrogen-bond donors (Lipinski definition) is 4. The Bertz CT molecular complexity index is 1720. The summed E-state index contributed by atoms with van der Waals surface area (Å²) in [6.45, 7) is -1.88. The fourth-order valence-electron chi connectivity index (χ4n) is 5.67. The number of hydrogen-bond acceptors (Lipinski definition) is 12. The summed E-state index contributed by atoms with van der Waals surface area (Å²) in [4.78, 5) is 53.8. The SMILES string of the molecule is O=C(OC[C@@]1(O)C[C@H](NC(CO)CO)[C@H](OC(=O)c2ccccc2)[C@@H](OC(=O)c2ccccc2)[C@@H]1OC(=O)c1ccccc1)c1ccccc1. The van der Waals surface area contributed by atoms with Gasteiger partial charge in [0.2, 0.25) is 0 Å². The molecule has 0 saturated heterocycles. The molecule has 4 aromatic carbocycles. The van der Waals surface area contributed by atoms with Gasteiger partial charge in [-0.3, -0.25) is 0 Å². The number of aliphatic hydroxyl groups is 3. The van der Waals surface area contributed by atoms with E-state index in [9.17, 15) is 34.5 Å². The van der Waals surface area contributed by atoms with Gasteiger partial charge in [-0.05, 0) is 48.5 Å². The fourth-order valence-corrected chi connectivity index (χ4v) is 5.67. The third-order valence-corrected chi connectivity index (χ3v) is 8.22. The van der Waals surface area contributed by atoms with Crippen LogP contribution in [0.1, 0.15) is 47.9 Å². The van der Waals surface area contributed by atoms with Gasteiger partial charge < -0.3 is 39.6 Å². The van der Waals surface area contributed by atoms with Gasteiger partial charge in [0.1, 0.15) is 12.2 Å². The molecule has 0 heterocycles. The normalized spacial score (nSPS) is 21.5. The number of nitrogens with one attached hydrogen (secondary N) is 1. The number of esters is 4. The topological polar surface area (TPSA) is 178 Å². The Morgan fingerprint density at radius 1 is 0.600 bits per heavy atom. The highest BCUT2D eigenvalue weighted by Crippen LogP contribution is 2.37. The van der Waals surface area contributed by atoms with Gasteiger partial charge in [-0.2, -0.15) is 0 Å². The number of carbonyl (C=O) groups excluding carboxylic acids is 4. The molecule has 0 aromatic heterocycles. The van der Waals surface area contributed by atoms with Crippen LogP contribution in [0, 0.1) is 0 Å². The van der Waals surface area contributed by atoms with Crippen molar-refractivity contribution in [3.8, 4) is 0 Å². The first-order valence-electron chi connectivity index (χ1n) is 15.9. The predicted molar refractivity (Wildman–Crippen MR) is 178 cm³/mol. The average Bonchev–Trinajstić information content (AvgIpc) is 3.16. The number of aliphatic hydroxyl groups excluding tert-OH is 2.